The van der Waals surface area contributed by atoms with Crippen molar-refractivity contribution in [2.24, 2.45) is 0 Å². The van der Waals surface area contributed by atoms with Crippen molar-refractivity contribution in [3.63, 3.8) is 0 Å². The van der Waals surface area contributed by atoms with Crippen molar-refractivity contribution < 1.29 is 14.3 Å². The van der Waals surface area contributed by atoms with Gasteiger partial charge < -0.3 is 9.52 Å². The lowest BCUT2D eigenvalue weighted by Gasteiger charge is -2.10. The molecule has 38 heavy (non-hydrogen) atoms. The Labute approximate surface area is 219 Å². The first-order chi connectivity index (χ1) is 18.6. The number of para-hydroxylation sites is 1. The van der Waals surface area contributed by atoms with E-state index in [1.165, 1.54) is 17.7 Å². The molecule has 6 nitrogen and oxygen atoms in total. The van der Waals surface area contributed by atoms with E-state index >= 15 is 0 Å². The average molecular weight is 498 g/mol. The summed E-state index contributed by atoms with van der Waals surface area (Å²) in [6, 6.07) is 31.8. The van der Waals surface area contributed by atoms with Gasteiger partial charge in [0, 0.05) is 30.4 Å². The highest BCUT2D eigenvalue weighted by molar-refractivity contribution is 5.92. The SMILES string of the molecule is CC(=O)Nc1oc(-c2cccc(-c3ccc(-c4ccc5ccccc5c4)cc3)c2O)nc1-c1cccnc1. The quantitative estimate of drug-likeness (QED) is 0.257. The van der Waals surface area contributed by atoms with Gasteiger partial charge in [0.2, 0.25) is 17.7 Å². The van der Waals surface area contributed by atoms with Crippen LogP contribution in [0.25, 0.3) is 55.7 Å². The highest BCUT2D eigenvalue weighted by atomic mass is 16.4. The summed E-state index contributed by atoms with van der Waals surface area (Å²) in [5.41, 5.74) is 5.26. The van der Waals surface area contributed by atoms with Crippen molar-refractivity contribution >= 4 is 22.6 Å². The minimum Gasteiger partial charge on any atom is -0.506 e. The molecule has 6 aromatic rings. The van der Waals surface area contributed by atoms with Gasteiger partial charge in [-0.3, -0.25) is 15.1 Å². The molecule has 0 saturated carbocycles. The second-order valence-corrected chi connectivity index (χ2v) is 8.96. The van der Waals surface area contributed by atoms with E-state index in [-0.39, 0.29) is 23.4 Å². The number of carbonyl (C=O) groups excluding carboxylic acids is 1. The van der Waals surface area contributed by atoms with Crippen LogP contribution in [0.5, 0.6) is 5.75 Å². The number of phenols is 1. The highest BCUT2D eigenvalue weighted by Gasteiger charge is 2.21. The van der Waals surface area contributed by atoms with Crippen molar-refractivity contribution in [1.29, 1.82) is 0 Å². The maximum absolute atomic E-state index is 11.8. The summed E-state index contributed by atoms with van der Waals surface area (Å²) in [5, 5.41) is 16.3. The summed E-state index contributed by atoms with van der Waals surface area (Å²) in [6.07, 6.45) is 3.30. The molecule has 1 amide bonds. The first kappa shape index (κ1) is 23.2. The van der Waals surface area contributed by atoms with Crippen LogP contribution in [-0.2, 0) is 4.79 Å². The number of carbonyl (C=O) groups is 1. The number of nitrogens with zero attached hydrogens (tertiary/aromatic N) is 2. The van der Waals surface area contributed by atoms with E-state index in [1.807, 2.05) is 54.6 Å². The first-order valence-electron chi connectivity index (χ1n) is 12.2. The molecule has 4 aromatic carbocycles. The molecule has 0 fully saturated rings. The van der Waals surface area contributed by atoms with Crippen LogP contribution >= 0.6 is 0 Å². The first-order valence-corrected chi connectivity index (χ1v) is 12.2. The van der Waals surface area contributed by atoms with Gasteiger partial charge in [0.15, 0.2) is 0 Å². The largest absolute Gasteiger partial charge is 0.506 e. The second kappa shape index (κ2) is 9.67. The Morgan fingerprint density at radius 2 is 1.50 bits per heavy atom. The second-order valence-electron chi connectivity index (χ2n) is 8.96. The normalized spacial score (nSPS) is 11.0. The maximum atomic E-state index is 11.8. The van der Waals surface area contributed by atoms with Gasteiger partial charge in [-0.2, -0.15) is 0 Å². The zero-order valence-corrected chi connectivity index (χ0v) is 20.6. The third-order valence-electron chi connectivity index (χ3n) is 6.40. The molecule has 6 heteroatoms. The van der Waals surface area contributed by atoms with Crippen molar-refractivity contribution in [1.82, 2.24) is 9.97 Å². The summed E-state index contributed by atoms with van der Waals surface area (Å²) in [6.45, 7) is 1.40. The van der Waals surface area contributed by atoms with Gasteiger partial charge in [0.25, 0.3) is 0 Å². The molecule has 2 N–H and O–H groups in total. The van der Waals surface area contributed by atoms with Gasteiger partial charge in [-0.15, -0.1) is 0 Å². The molecule has 0 saturated heterocycles. The van der Waals surface area contributed by atoms with Crippen LogP contribution < -0.4 is 5.32 Å². The molecule has 0 aliphatic heterocycles. The summed E-state index contributed by atoms with van der Waals surface area (Å²) < 4.78 is 5.92. The molecule has 2 heterocycles. The van der Waals surface area contributed by atoms with Crippen LogP contribution in [0.15, 0.2) is 114 Å². The Morgan fingerprint density at radius 1 is 0.763 bits per heavy atom. The standard InChI is InChI=1S/C32H23N3O3/c1-20(36)34-32-29(26-8-5-17-33-19-26)35-31(38-32)28-10-4-9-27(30(28)37)23-14-11-22(12-15-23)25-16-13-21-6-2-3-7-24(21)18-25/h2-19,37H,1H3,(H,34,36). The van der Waals surface area contributed by atoms with Gasteiger partial charge in [-0.25, -0.2) is 4.98 Å². The van der Waals surface area contributed by atoms with Gasteiger partial charge in [0.1, 0.15) is 11.4 Å². The number of rotatable bonds is 5. The van der Waals surface area contributed by atoms with Gasteiger partial charge in [-0.05, 0) is 51.7 Å². The summed E-state index contributed by atoms with van der Waals surface area (Å²) in [4.78, 5) is 20.5. The molecule has 0 aliphatic carbocycles. The van der Waals surface area contributed by atoms with Crippen LogP contribution in [-0.4, -0.2) is 21.0 Å². The third-order valence-corrected chi connectivity index (χ3v) is 6.40. The van der Waals surface area contributed by atoms with Crippen molar-refractivity contribution in [2.45, 2.75) is 6.92 Å². The Kier molecular flexibility index (Phi) is 5.90. The number of oxazole rings is 1. The molecule has 0 atom stereocenters. The fourth-order valence-corrected chi connectivity index (χ4v) is 4.54. The Balaban J connectivity index is 1.36. The number of aromatic nitrogens is 2. The molecule has 0 bridgehead atoms. The van der Waals surface area contributed by atoms with Crippen LogP contribution in [0.1, 0.15) is 6.92 Å². The van der Waals surface area contributed by atoms with E-state index in [4.69, 9.17) is 4.42 Å². The maximum Gasteiger partial charge on any atom is 0.233 e. The average Bonchev–Trinajstić information content (AvgIpc) is 3.36. The molecule has 0 aliphatic rings. The van der Waals surface area contributed by atoms with Gasteiger partial charge in [-0.1, -0.05) is 72.8 Å². The van der Waals surface area contributed by atoms with Gasteiger partial charge in [0.05, 0.1) is 5.56 Å². The van der Waals surface area contributed by atoms with E-state index in [1.54, 1.807) is 24.5 Å². The predicted molar refractivity (Wildman–Crippen MR) is 150 cm³/mol. The van der Waals surface area contributed by atoms with E-state index in [2.05, 4.69) is 45.6 Å². The molecular formula is C32H23N3O3. The number of anilines is 1. The molecule has 2 aromatic heterocycles. The molecule has 0 unspecified atom stereocenters. The minimum atomic E-state index is -0.290. The third kappa shape index (κ3) is 4.40. The molecule has 0 radical (unpaired) electrons. The molecule has 184 valence electrons. The molecule has 6 rings (SSSR count). The van der Waals surface area contributed by atoms with E-state index < -0.39 is 0 Å². The topological polar surface area (TPSA) is 88.2 Å². The smallest absolute Gasteiger partial charge is 0.233 e. The fourth-order valence-electron chi connectivity index (χ4n) is 4.54. The van der Waals surface area contributed by atoms with Crippen LogP contribution in [0, 0.1) is 0 Å². The predicted octanol–water partition coefficient (Wildman–Crippen LogP) is 7.55. The number of pyridine rings is 1. The fraction of sp³-hybridized carbons (Fsp3) is 0.0312. The monoisotopic (exact) mass is 497 g/mol. The van der Waals surface area contributed by atoms with Crippen LogP contribution in [0.3, 0.4) is 0 Å². The number of fused-ring (bicyclic) bond motifs is 1. The molecular weight excluding hydrogens is 474 g/mol. The van der Waals surface area contributed by atoms with E-state index in [9.17, 15) is 9.90 Å². The Bertz CT molecular complexity index is 1770. The number of amides is 1. The summed E-state index contributed by atoms with van der Waals surface area (Å²) in [5.74, 6) is 0.145. The minimum absolute atomic E-state index is 0.0410. The Morgan fingerprint density at radius 3 is 2.26 bits per heavy atom. The number of nitrogens with one attached hydrogen (secondary N) is 1. The Hall–Kier alpha value is -5.23. The summed E-state index contributed by atoms with van der Waals surface area (Å²) in [7, 11) is 0. The number of hydrogen-bond acceptors (Lipinski definition) is 5. The van der Waals surface area contributed by atoms with Crippen LogP contribution in [0.4, 0.5) is 5.88 Å². The zero-order valence-electron chi connectivity index (χ0n) is 20.6. The van der Waals surface area contributed by atoms with Crippen molar-refractivity contribution in [3.8, 4) is 50.7 Å². The molecule has 0 spiro atoms. The van der Waals surface area contributed by atoms with Crippen molar-refractivity contribution in [2.75, 3.05) is 5.32 Å². The number of aromatic hydroxyl groups is 1. The summed E-state index contributed by atoms with van der Waals surface area (Å²) >= 11 is 0. The van der Waals surface area contributed by atoms with E-state index in [0.717, 1.165) is 16.7 Å². The van der Waals surface area contributed by atoms with E-state index in [0.29, 0.717) is 22.4 Å². The van der Waals surface area contributed by atoms with Gasteiger partial charge >= 0.3 is 0 Å². The number of benzene rings is 4. The highest BCUT2D eigenvalue weighted by Crippen LogP contribution is 2.41. The lowest BCUT2D eigenvalue weighted by molar-refractivity contribution is -0.114. The number of hydrogen-bond donors (Lipinski definition) is 2. The lowest BCUT2D eigenvalue weighted by atomic mass is 9.97. The van der Waals surface area contributed by atoms with Crippen molar-refractivity contribution in [3.05, 3.63) is 109 Å². The number of phenolic OH excluding ortho intramolecular Hbond substituents is 1. The van der Waals surface area contributed by atoms with Crippen LogP contribution in [0.2, 0.25) is 0 Å². The zero-order chi connectivity index (χ0) is 26.1. The lowest BCUT2D eigenvalue weighted by Crippen LogP contribution is -2.05.